The highest BCUT2D eigenvalue weighted by Crippen LogP contribution is 2.30. The second-order valence-corrected chi connectivity index (χ2v) is 8.49. The lowest BCUT2D eigenvalue weighted by Gasteiger charge is -2.34. The van der Waals surface area contributed by atoms with Gasteiger partial charge in [-0.25, -0.2) is 4.39 Å². The van der Waals surface area contributed by atoms with Crippen molar-refractivity contribution in [3.63, 3.8) is 0 Å². The van der Waals surface area contributed by atoms with E-state index in [4.69, 9.17) is 0 Å². The molecule has 1 aliphatic rings. The average molecular weight is 431 g/mol. The quantitative estimate of drug-likeness (QED) is 0.449. The number of nitrogens with one attached hydrogen (secondary N) is 1. The van der Waals surface area contributed by atoms with E-state index in [-0.39, 0.29) is 17.6 Å². The molecule has 1 saturated heterocycles. The minimum Gasteiger partial charge on any atom is -0.370 e. The van der Waals surface area contributed by atoms with Gasteiger partial charge in [0.25, 0.3) is 0 Å². The van der Waals surface area contributed by atoms with Gasteiger partial charge in [-0.1, -0.05) is 18.2 Å². The zero-order chi connectivity index (χ0) is 21.9. The number of anilines is 1. The Labute approximate surface area is 186 Å². The fraction of sp³-hybridized carbons (Fsp3) is 0.308. The number of benzene rings is 2. The Hall–Kier alpha value is -3.41. The normalized spacial score (nSPS) is 16.5. The minimum absolute atomic E-state index is 0.0621. The number of hydrogen-bond acceptors (Lipinski definition) is 3. The van der Waals surface area contributed by atoms with Gasteiger partial charge in [-0.15, -0.1) is 0 Å². The largest absolute Gasteiger partial charge is 0.370 e. The van der Waals surface area contributed by atoms with Gasteiger partial charge in [0.2, 0.25) is 5.91 Å². The molecule has 0 aliphatic carbocycles. The van der Waals surface area contributed by atoms with Crippen molar-refractivity contribution in [3.05, 3.63) is 72.8 Å². The Morgan fingerprint density at radius 2 is 2.06 bits per heavy atom. The summed E-state index contributed by atoms with van der Waals surface area (Å²) in [5.41, 5.74) is 2.95. The van der Waals surface area contributed by atoms with E-state index in [0.29, 0.717) is 13.1 Å². The Morgan fingerprint density at radius 3 is 3.00 bits per heavy atom. The number of aryl methyl sites for hydroxylation is 1. The Kier molecular flexibility index (Phi) is 5.75. The number of aromatic nitrogens is 2. The number of hydrogen-bond donors (Lipinski definition) is 1. The van der Waals surface area contributed by atoms with E-state index >= 15 is 0 Å². The number of rotatable bonds is 6. The summed E-state index contributed by atoms with van der Waals surface area (Å²) in [6.07, 6.45) is 6.56. The molecule has 1 fully saturated rings. The molecular weight excluding hydrogens is 403 g/mol. The molecule has 0 saturated carbocycles. The molecule has 1 amide bonds. The SMILES string of the molecule is O=C(NCCCn1ccc2ccccc21)C1CCCN(c2ccnc3ccc(F)cc23)C1. The van der Waals surface area contributed by atoms with Crippen molar-refractivity contribution >= 4 is 33.4 Å². The summed E-state index contributed by atoms with van der Waals surface area (Å²) in [7, 11) is 0. The van der Waals surface area contributed by atoms with Crippen molar-refractivity contribution in [2.24, 2.45) is 5.92 Å². The molecule has 5 rings (SSSR count). The molecule has 3 heterocycles. The summed E-state index contributed by atoms with van der Waals surface area (Å²) in [5, 5.41) is 5.17. The van der Waals surface area contributed by atoms with Crippen molar-refractivity contribution in [2.75, 3.05) is 24.5 Å². The molecule has 1 N–H and O–H groups in total. The third kappa shape index (κ3) is 4.17. The predicted octanol–water partition coefficient (Wildman–Crippen LogP) is 4.75. The minimum atomic E-state index is -0.270. The van der Waals surface area contributed by atoms with E-state index in [1.54, 1.807) is 12.3 Å². The maximum atomic E-state index is 13.8. The van der Waals surface area contributed by atoms with Crippen LogP contribution in [0.5, 0.6) is 0 Å². The van der Waals surface area contributed by atoms with E-state index in [0.717, 1.165) is 48.9 Å². The lowest BCUT2D eigenvalue weighted by atomic mass is 9.96. The summed E-state index contributed by atoms with van der Waals surface area (Å²) in [6, 6.07) is 17.1. The Balaban J connectivity index is 1.18. The van der Waals surface area contributed by atoms with Crippen LogP contribution < -0.4 is 10.2 Å². The van der Waals surface area contributed by atoms with Crippen LogP contribution in [0, 0.1) is 11.7 Å². The van der Waals surface area contributed by atoms with Crippen molar-refractivity contribution in [3.8, 4) is 0 Å². The van der Waals surface area contributed by atoms with Crippen LogP contribution >= 0.6 is 0 Å². The first-order chi connectivity index (χ1) is 15.7. The molecule has 1 aliphatic heterocycles. The van der Waals surface area contributed by atoms with Crippen molar-refractivity contribution in [1.82, 2.24) is 14.9 Å². The zero-order valence-corrected chi connectivity index (χ0v) is 18.0. The molecule has 164 valence electrons. The summed E-state index contributed by atoms with van der Waals surface area (Å²) >= 11 is 0. The van der Waals surface area contributed by atoms with Gasteiger partial charge in [-0.2, -0.15) is 0 Å². The third-order valence-electron chi connectivity index (χ3n) is 6.37. The van der Waals surface area contributed by atoms with Crippen LogP contribution in [0.3, 0.4) is 0 Å². The van der Waals surface area contributed by atoms with Gasteiger partial charge in [-0.05, 0) is 61.0 Å². The van der Waals surface area contributed by atoms with Crippen molar-refractivity contribution in [2.45, 2.75) is 25.8 Å². The van der Waals surface area contributed by atoms with Gasteiger partial charge in [-0.3, -0.25) is 9.78 Å². The highest BCUT2D eigenvalue weighted by Gasteiger charge is 2.26. The lowest BCUT2D eigenvalue weighted by Crippen LogP contribution is -2.43. The topological polar surface area (TPSA) is 50.2 Å². The lowest BCUT2D eigenvalue weighted by molar-refractivity contribution is -0.125. The van der Waals surface area contributed by atoms with E-state index in [9.17, 15) is 9.18 Å². The standard InChI is InChI=1S/C26H27FN4O/c27-21-8-9-23-22(17-21)25(10-13-28-23)31-14-3-6-20(18-31)26(32)29-12-4-15-30-16-11-19-5-1-2-7-24(19)30/h1-2,5,7-11,13,16-17,20H,3-4,6,12,14-15,18H2,(H,29,32). The number of halogens is 1. The number of nitrogens with zero attached hydrogens (tertiary/aromatic N) is 3. The van der Waals surface area contributed by atoms with Gasteiger partial charge < -0.3 is 14.8 Å². The third-order valence-corrected chi connectivity index (χ3v) is 6.37. The first-order valence-electron chi connectivity index (χ1n) is 11.3. The maximum absolute atomic E-state index is 13.8. The Morgan fingerprint density at radius 1 is 1.16 bits per heavy atom. The van der Waals surface area contributed by atoms with Crippen LogP contribution in [-0.4, -0.2) is 35.1 Å². The van der Waals surface area contributed by atoms with Crippen molar-refractivity contribution in [1.29, 1.82) is 0 Å². The van der Waals surface area contributed by atoms with Crippen LogP contribution in [0.15, 0.2) is 67.0 Å². The molecule has 0 spiro atoms. The monoisotopic (exact) mass is 430 g/mol. The second kappa shape index (κ2) is 8.99. The molecular formula is C26H27FN4O. The van der Waals surface area contributed by atoms with E-state index in [2.05, 4.69) is 50.2 Å². The van der Waals surface area contributed by atoms with Crippen LogP contribution in [0.4, 0.5) is 10.1 Å². The number of carbonyl (C=O) groups excluding carboxylic acids is 1. The van der Waals surface area contributed by atoms with Crippen LogP contribution in [0.25, 0.3) is 21.8 Å². The average Bonchev–Trinajstić information content (AvgIpc) is 3.24. The molecule has 2 aromatic carbocycles. The fourth-order valence-corrected chi connectivity index (χ4v) is 4.73. The molecule has 5 nitrogen and oxygen atoms in total. The molecule has 0 bridgehead atoms. The maximum Gasteiger partial charge on any atom is 0.224 e. The summed E-state index contributed by atoms with van der Waals surface area (Å²) < 4.78 is 16.1. The molecule has 32 heavy (non-hydrogen) atoms. The smallest absolute Gasteiger partial charge is 0.224 e. The van der Waals surface area contributed by atoms with Gasteiger partial charge >= 0.3 is 0 Å². The number of fused-ring (bicyclic) bond motifs is 2. The summed E-state index contributed by atoms with van der Waals surface area (Å²) in [4.78, 5) is 19.4. The van der Waals surface area contributed by atoms with Gasteiger partial charge in [0, 0.05) is 55.2 Å². The summed E-state index contributed by atoms with van der Waals surface area (Å²) in [5.74, 6) is -0.224. The Bertz CT molecular complexity index is 1250. The number of pyridine rings is 1. The number of amides is 1. The van der Waals surface area contributed by atoms with E-state index in [1.807, 2.05) is 12.1 Å². The molecule has 2 aromatic heterocycles. The zero-order valence-electron chi connectivity index (χ0n) is 18.0. The number of para-hydroxylation sites is 1. The van der Waals surface area contributed by atoms with Crippen LogP contribution in [0.2, 0.25) is 0 Å². The molecule has 1 atom stereocenters. The van der Waals surface area contributed by atoms with E-state index < -0.39 is 0 Å². The molecule has 4 aromatic rings. The molecule has 1 unspecified atom stereocenters. The second-order valence-electron chi connectivity index (χ2n) is 8.49. The first kappa shape index (κ1) is 20.5. The van der Waals surface area contributed by atoms with Crippen LogP contribution in [-0.2, 0) is 11.3 Å². The van der Waals surface area contributed by atoms with E-state index in [1.165, 1.54) is 23.0 Å². The summed E-state index contributed by atoms with van der Waals surface area (Å²) in [6.45, 7) is 3.04. The molecule has 6 heteroatoms. The fourth-order valence-electron chi connectivity index (χ4n) is 4.73. The number of carbonyl (C=O) groups is 1. The predicted molar refractivity (Wildman–Crippen MR) is 126 cm³/mol. The highest BCUT2D eigenvalue weighted by molar-refractivity contribution is 5.92. The van der Waals surface area contributed by atoms with Crippen molar-refractivity contribution < 1.29 is 9.18 Å². The van der Waals surface area contributed by atoms with Gasteiger partial charge in [0.15, 0.2) is 0 Å². The number of piperidine rings is 1. The van der Waals surface area contributed by atoms with Gasteiger partial charge in [0.05, 0.1) is 11.4 Å². The van der Waals surface area contributed by atoms with Gasteiger partial charge in [0.1, 0.15) is 5.82 Å². The van der Waals surface area contributed by atoms with Crippen LogP contribution in [0.1, 0.15) is 19.3 Å². The molecule has 0 radical (unpaired) electrons. The first-order valence-corrected chi connectivity index (χ1v) is 11.3. The highest BCUT2D eigenvalue weighted by atomic mass is 19.1.